The molecule has 0 aliphatic carbocycles. The lowest BCUT2D eigenvalue weighted by Gasteiger charge is -2.11. The quantitative estimate of drug-likeness (QED) is 0.269. The van der Waals surface area contributed by atoms with Gasteiger partial charge in [0.2, 0.25) is 5.95 Å². The minimum absolute atomic E-state index is 0.305. The van der Waals surface area contributed by atoms with E-state index in [1.165, 1.54) is 12.1 Å². The zero-order valence-corrected chi connectivity index (χ0v) is 19.1. The molecule has 0 amide bonds. The molecule has 0 fully saturated rings. The number of hydrogen-bond donors (Lipinski definition) is 0. The predicted molar refractivity (Wildman–Crippen MR) is 143 cm³/mol. The van der Waals surface area contributed by atoms with Crippen molar-refractivity contribution in [2.24, 2.45) is 0 Å². The molecule has 7 aromatic rings. The second-order valence-electron chi connectivity index (χ2n) is 8.72. The molecule has 0 radical (unpaired) electrons. The molecule has 0 bridgehead atoms. The second kappa shape index (κ2) is 8.10. The Morgan fingerprint density at radius 2 is 1.19 bits per heavy atom. The van der Waals surface area contributed by atoms with Gasteiger partial charge in [0.05, 0.1) is 33.5 Å². The second-order valence-corrected chi connectivity index (χ2v) is 8.72. The van der Waals surface area contributed by atoms with Crippen LogP contribution in [0.15, 0.2) is 115 Å². The number of para-hydroxylation sites is 1. The van der Waals surface area contributed by atoms with Gasteiger partial charge in [0, 0.05) is 21.9 Å². The van der Waals surface area contributed by atoms with Gasteiger partial charge in [0.25, 0.3) is 0 Å². The number of aromatic nitrogens is 4. The summed E-state index contributed by atoms with van der Waals surface area (Å²) in [4.78, 5) is 14.9. The fourth-order valence-corrected chi connectivity index (χ4v) is 4.76. The lowest BCUT2D eigenvalue weighted by molar-refractivity contribution is 0.629. The highest BCUT2D eigenvalue weighted by molar-refractivity contribution is 6.09. The van der Waals surface area contributed by atoms with E-state index in [0.29, 0.717) is 5.95 Å². The molecule has 0 atom stereocenters. The van der Waals surface area contributed by atoms with Gasteiger partial charge in [-0.15, -0.1) is 0 Å². The van der Waals surface area contributed by atoms with Crippen LogP contribution in [0.4, 0.5) is 4.39 Å². The van der Waals surface area contributed by atoms with Crippen LogP contribution in [0, 0.1) is 5.82 Å². The van der Waals surface area contributed by atoms with E-state index in [2.05, 4.69) is 6.07 Å². The first-order valence-corrected chi connectivity index (χ1v) is 11.7. The van der Waals surface area contributed by atoms with Crippen LogP contribution in [0.25, 0.3) is 61.3 Å². The lowest BCUT2D eigenvalue weighted by Crippen LogP contribution is -2.04. The molecule has 0 N–H and O–H groups in total. The van der Waals surface area contributed by atoms with Gasteiger partial charge in [0.15, 0.2) is 0 Å². The van der Waals surface area contributed by atoms with E-state index in [1.54, 1.807) is 6.07 Å². The van der Waals surface area contributed by atoms with Gasteiger partial charge in [0.1, 0.15) is 5.82 Å². The van der Waals surface area contributed by atoms with Crippen molar-refractivity contribution in [1.82, 2.24) is 19.5 Å². The van der Waals surface area contributed by atoms with Crippen molar-refractivity contribution in [3.63, 3.8) is 0 Å². The summed E-state index contributed by atoms with van der Waals surface area (Å²) in [6, 6.07) is 36.9. The number of fused-ring (bicyclic) bond motifs is 4. The smallest absolute Gasteiger partial charge is 0.235 e. The Kier molecular flexibility index (Phi) is 4.61. The fraction of sp³-hybridized carbons (Fsp3) is 0. The number of halogens is 1. The fourth-order valence-electron chi connectivity index (χ4n) is 4.76. The molecule has 4 nitrogen and oxygen atoms in total. The Bertz CT molecular complexity index is 1840. The van der Waals surface area contributed by atoms with Gasteiger partial charge in [-0.25, -0.2) is 19.3 Å². The van der Waals surface area contributed by atoms with E-state index in [0.717, 1.165) is 55.4 Å². The van der Waals surface area contributed by atoms with Gasteiger partial charge in [-0.05, 0) is 36.4 Å². The van der Waals surface area contributed by atoms with Crippen LogP contribution in [0.3, 0.4) is 0 Å². The summed E-state index contributed by atoms with van der Waals surface area (Å²) in [7, 11) is 0. The van der Waals surface area contributed by atoms with Crippen LogP contribution >= 0.6 is 0 Å². The molecule has 3 aromatic heterocycles. The Morgan fingerprint density at radius 1 is 0.556 bits per heavy atom. The molecule has 0 unspecified atom stereocenters. The van der Waals surface area contributed by atoms with Crippen molar-refractivity contribution in [2.45, 2.75) is 0 Å². The molecular weight excluding hydrogens is 447 g/mol. The monoisotopic (exact) mass is 466 g/mol. The number of benzene rings is 4. The summed E-state index contributed by atoms with van der Waals surface area (Å²) < 4.78 is 16.4. The Labute approximate surface area is 206 Å². The molecule has 170 valence electrons. The van der Waals surface area contributed by atoms with Crippen LogP contribution in [0.1, 0.15) is 0 Å². The molecule has 0 spiro atoms. The molecule has 0 saturated carbocycles. The molecule has 5 heteroatoms. The largest absolute Gasteiger partial charge is 0.276 e. The molecular formula is C31H19FN4. The predicted octanol–water partition coefficient (Wildman–Crippen LogP) is 7.60. The highest BCUT2D eigenvalue weighted by Crippen LogP contribution is 2.34. The van der Waals surface area contributed by atoms with E-state index in [1.807, 2.05) is 95.6 Å². The zero-order chi connectivity index (χ0) is 24.1. The number of hydrogen-bond acceptors (Lipinski definition) is 3. The third-order valence-electron chi connectivity index (χ3n) is 6.45. The molecule has 0 aliphatic heterocycles. The highest BCUT2D eigenvalue weighted by Gasteiger charge is 2.19. The first-order chi connectivity index (χ1) is 17.7. The molecule has 36 heavy (non-hydrogen) atoms. The number of pyridine rings is 1. The maximum absolute atomic E-state index is 14.4. The first-order valence-electron chi connectivity index (χ1n) is 11.7. The van der Waals surface area contributed by atoms with Crippen LogP contribution in [-0.4, -0.2) is 19.5 Å². The Balaban J connectivity index is 1.60. The SMILES string of the molecule is Fc1ccc2c(c1)c1nc3ccccc3cc1n2-c1nc(-c2ccccc2)cc(-c2ccccc2)n1. The van der Waals surface area contributed by atoms with Gasteiger partial charge in [-0.1, -0.05) is 78.9 Å². The van der Waals surface area contributed by atoms with Crippen molar-refractivity contribution in [1.29, 1.82) is 0 Å². The molecule has 3 heterocycles. The summed E-state index contributed by atoms with van der Waals surface area (Å²) >= 11 is 0. The number of rotatable bonds is 3. The summed E-state index contributed by atoms with van der Waals surface area (Å²) in [5.41, 5.74) is 6.82. The highest BCUT2D eigenvalue weighted by atomic mass is 19.1. The zero-order valence-electron chi connectivity index (χ0n) is 19.1. The van der Waals surface area contributed by atoms with Crippen LogP contribution < -0.4 is 0 Å². The average Bonchev–Trinajstić information content (AvgIpc) is 3.25. The van der Waals surface area contributed by atoms with Crippen molar-refractivity contribution < 1.29 is 4.39 Å². The van der Waals surface area contributed by atoms with Crippen LogP contribution in [0.2, 0.25) is 0 Å². The summed E-state index contributed by atoms with van der Waals surface area (Å²) in [5, 5.41) is 1.72. The topological polar surface area (TPSA) is 43.6 Å². The minimum atomic E-state index is -0.305. The summed E-state index contributed by atoms with van der Waals surface area (Å²) in [6.07, 6.45) is 0. The molecule has 0 saturated heterocycles. The maximum Gasteiger partial charge on any atom is 0.235 e. The summed E-state index contributed by atoms with van der Waals surface area (Å²) in [6.45, 7) is 0. The Morgan fingerprint density at radius 3 is 1.89 bits per heavy atom. The van der Waals surface area contributed by atoms with E-state index in [9.17, 15) is 4.39 Å². The standard InChI is InChI=1S/C31H19FN4/c32-23-15-16-28-24(18-23)30-29(17-22-13-7-8-14-25(22)33-30)36(28)31-34-26(20-9-3-1-4-10-20)19-27(35-31)21-11-5-2-6-12-21/h1-19H. The summed E-state index contributed by atoms with van der Waals surface area (Å²) in [5.74, 6) is 0.208. The first kappa shape index (κ1) is 20.5. The van der Waals surface area contributed by atoms with E-state index in [4.69, 9.17) is 15.0 Å². The van der Waals surface area contributed by atoms with Crippen molar-refractivity contribution in [2.75, 3.05) is 0 Å². The van der Waals surface area contributed by atoms with Crippen molar-refractivity contribution in [3.8, 4) is 28.5 Å². The van der Waals surface area contributed by atoms with Crippen LogP contribution in [0.5, 0.6) is 0 Å². The van der Waals surface area contributed by atoms with E-state index in [-0.39, 0.29) is 5.82 Å². The maximum atomic E-state index is 14.4. The lowest BCUT2D eigenvalue weighted by atomic mass is 10.1. The van der Waals surface area contributed by atoms with Crippen molar-refractivity contribution in [3.05, 3.63) is 121 Å². The third kappa shape index (κ3) is 3.33. The van der Waals surface area contributed by atoms with Crippen LogP contribution in [-0.2, 0) is 0 Å². The average molecular weight is 467 g/mol. The molecule has 7 rings (SSSR count). The van der Waals surface area contributed by atoms with Gasteiger partial charge in [-0.3, -0.25) is 4.57 Å². The normalized spacial score (nSPS) is 11.5. The van der Waals surface area contributed by atoms with Crippen molar-refractivity contribution >= 4 is 32.8 Å². The third-order valence-corrected chi connectivity index (χ3v) is 6.45. The van der Waals surface area contributed by atoms with Gasteiger partial charge < -0.3 is 0 Å². The molecule has 4 aromatic carbocycles. The minimum Gasteiger partial charge on any atom is -0.276 e. The van der Waals surface area contributed by atoms with E-state index >= 15 is 0 Å². The Hall–Kier alpha value is -4.90. The molecule has 0 aliphatic rings. The van der Waals surface area contributed by atoms with E-state index < -0.39 is 0 Å². The van der Waals surface area contributed by atoms with Gasteiger partial charge in [-0.2, -0.15) is 0 Å². The number of nitrogens with zero attached hydrogens (tertiary/aromatic N) is 4. The van der Waals surface area contributed by atoms with Gasteiger partial charge >= 0.3 is 0 Å².